The lowest BCUT2D eigenvalue weighted by Gasteiger charge is -2.34. The summed E-state index contributed by atoms with van der Waals surface area (Å²) < 4.78 is 6.25. The predicted octanol–water partition coefficient (Wildman–Crippen LogP) is 3.61. The Balaban J connectivity index is 1.82. The summed E-state index contributed by atoms with van der Waals surface area (Å²) >= 11 is 0. The lowest BCUT2D eigenvalue weighted by Crippen LogP contribution is -2.32. The third kappa shape index (κ3) is 2.86. The largest absolute Gasteiger partial charge is 0.365 e. The molecule has 0 aromatic heterocycles. The van der Waals surface area contributed by atoms with E-state index in [1.54, 1.807) is 0 Å². The zero-order valence-electron chi connectivity index (χ0n) is 10.9. The van der Waals surface area contributed by atoms with Crippen LogP contribution in [0, 0.1) is 0 Å². The highest BCUT2D eigenvalue weighted by atomic mass is 16.5. The second kappa shape index (κ2) is 5.55. The molecule has 0 amide bonds. The minimum atomic E-state index is 0.107. The Morgan fingerprint density at radius 3 is 1.58 bits per heavy atom. The van der Waals surface area contributed by atoms with Crippen LogP contribution in [0.5, 0.6) is 0 Å². The van der Waals surface area contributed by atoms with Crippen molar-refractivity contribution < 1.29 is 4.74 Å². The summed E-state index contributed by atoms with van der Waals surface area (Å²) in [6, 6.07) is 20.9. The van der Waals surface area contributed by atoms with Crippen molar-refractivity contribution >= 4 is 0 Å². The van der Waals surface area contributed by atoms with Gasteiger partial charge in [-0.1, -0.05) is 60.7 Å². The van der Waals surface area contributed by atoms with Gasteiger partial charge < -0.3 is 10.5 Å². The van der Waals surface area contributed by atoms with Gasteiger partial charge in [-0.25, -0.2) is 0 Å². The minimum Gasteiger partial charge on any atom is -0.365 e. The number of nitrogens with two attached hydrogens (primary N) is 1. The molecule has 3 rings (SSSR count). The quantitative estimate of drug-likeness (QED) is 0.887. The van der Waals surface area contributed by atoms with Gasteiger partial charge in [0.15, 0.2) is 0 Å². The fourth-order valence-electron chi connectivity index (χ4n) is 2.72. The number of benzene rings is 2. The molecule has 2 aromatic rings. The van der Waals surface area contributed by atoms with E-state index in [0.29, 0.717) is 0 Å². The lowest BCUT2D eigenvalue weighted by molar-refractivity contribution is -0.0605. The molecule has 1 saturated heterocycles. The molecule has 2 atom stereocenters. The fourth-order valence-corrected chi connectivity index (χ4v) is 2.72. The van der Waals surface area contributed by atoms with Gasteiger partial charge in [-0.05, 0) is 24.0 Å². The van der Waals surface area contributed by atoms with Gasteiger partial charge in [-0.2, -0.15) is 0 Å². The zero-order chi connectivity index (χ0) is 13.1. The van der Waals surface area contributed by atoms with Crippen molar-refractivity contribution in [3.05, 3.63) is 71.8 Å². The number of ether oxygens (including phenoxy) is 1. The van der Waals surface area contributed by atoms with E-state index >= 15 is 0 Å². The van der Waals surface area contributed by atoms with Crippen molar-refractivity contribution in [2.45, 2.75) is 31.1 Å². The van der Waals surface area contributed by atoms with Crippen molar-refractivity contribution in [3.63, 3.8) is 0 Å². The van der Waals surface area contributed by atoms with Gasteiger partial charge in [0, 0.05) is 6.04 Å². The Kier molecular flexibility index (Phi) is 3.62. The third-order valence-corrected chi connectivity index (χ3v) is 3.70. The van der Waals surface area contributed by atoms with E-state index in [-0.39, 0.29) is 18.2 Å². The molecule has 1 aliphatic rings. The van der Waals surface area contributed by atoms with Crippen LogP contribution in [0.15, 0.2) is 60.7 Å². The van der Waals surface area contributed by atoms with Crippen molar-refractivity contribution in [2.75, 3.05) is 0 Å². The second-order valence-electron chi connectivity index (χ2n) is 5.17. The van der Waals surface area contributed by atoms with Crippen LogP contribution in [0.2, 0.25) is 0 Å². The van der Waals surface area contributed by atoms with Crippen LogP contribution < -0.4 is 5.73 Å². The topological polar surface area (TPSA) is 35.2 Å². The second-order valence-corrected chi connectivity index (χ2v) is 5.17. The van der Waals surface area contributed by atoms with E-state index in [1.807, 2.05) is 12.1 Å². The van der Waals surface area contributed by atoms with E-state index in [2.05, 4.69) is 48.5 Å². The van der Waals surface area contributed by atoms with Gasteiger partial charge in [0.1, 0.15) is 0 Å². The first kappa shape index (κ1) is 12.4. The van der Waals surface area contributed by atoms with Gasteiger partial charge in [-0.15, -0.1) is 0 Å². The molecule has 19 heavy (non-hydrogen) atoms. The summed E-state index contributed by atoms with van der Waals surface area (Å²) in [5.41, 5.74) is 8.65. The van der Waals surface area contributed by atoms with Gasteiger partial charge >= 0.3 is 0 Å². The normalized spacial score (nSPS) is 27.1. The predicted molar refractivity (Wildman–Crippen MR) is 76.7 cm³/mol. The molecular weight excluding hydrogens is 234 g/mol. The molecule has 0 saturated carbocycles. The van der Waals surface area contributed by atoms with Crippen LogP contribution in [0.1, 0.15) is 36.2 Å². The summed E-state index contributed by atoms with van der Waals surface area (Å²) in [5, 5.41) is 0. The number of hydrogen-bond donors (Lipinski definition) is 1. The molecule has 1 aliphatic heterocycles. The Morgan fingerprint density at radius 2 is 1.16 bits per heavy atom. The molecule has 2 nitrogen and oxygen atoms in total. The van der Waals surface area contributed by atoms with Crippen LogP contribution in [-0.4, -0.2) is 6.04 Å². The van der Waals surface area contributed by atoms with Crippen molar-refractivity contribution in [3.8, 4) is 0 Å². The molecule has 0 radical (unpaired) electrons. The summed E-state index contributed by atoms with van der Waals surface area (Å²) in [4.78, 5) is 0. The van der Waals surface area contributed by atoms with Crippen LogP contribution in [0.4, 0.5) is 0 Å². The summed E-state index contributed by atoms with van der Waals surface area (Å²) in [5.74, 6) is 0. The van der Waals surface area contributed by atoms with E-state index in [9.17, 15) is 0 Å². The molecule has 0 unspecified atom stereocenters. The van der Waals surface area contributed by atoms with E-state index in [0.717, 1.165) is 12.8 Å². The molecule has 2 aromatic carbocycles. The first-order chi connectivity index (χ1) is 9.33. The molecule has 2 heteroatoms. The van der Waals surface area contributed by atoms with Crippen LogP contribution in [0.3, 0.4) is 0 Å². The molecule has 2 N–H and O–H groups in total. The standard InChI is InChI=1S/C17H19NO/c18-15-11-16(13-7-3-1-4-8-13)19-17(12-15)14-9-5-2-6-10-14/h1-10,15-17H,11-12,18H2/t16-,17-/m1/s1. The molecule has 0 spiro atoms. The van der Waals surface area contributed by atoms with Gasteiger partial charge in [0.05, 0.1) is 12.2 Å². The van der Waals surface area contributed by atoms with E-state index < -0.39 is 0 Å². The van der Waals surface area contributed by atoms with Crippen molar-refractivity contribution in [1.82, 2.24) is 0 Å². The smallest absolute Gasteiger partial charge is 0.0848 e. The van der Waals surface area contributed by atoms with Gasteiger partial charge in [-0.3, -0.25) is 0 Å². The maximum Gasteiger partial charge on any atom is 0.0848 e. The van der Waals surface area contributed by atoms with Crippen molar-refractivity contribution in [2.24, 2.45) is 5.73 Å². The summed E-state index contributed by atoms with van der Waals surface area (Å²) in [7, 11) is 0. The van der Waals surface area contributed by atoms with Crippen LogP contribution in [0.25, 0.3) is 0 Å². The Hall–Kier alpha value is -1.64. The first-order valence-corrected chi connectivity index (χ1v) is 6.84. The van der Waals surface area contributed by atoms with Crippen molar-refractivity contribution in [1.29, 1.82) is 0 Å². The molecule has 0 bridgehead atoms. The summed E-state index contributed by atoms with van der Waals surface area (Å²) in [6.07, 6.45) is 2.01. The average Bonchev–Trinajstić information content (AvgIpc) is 2.48. The van der Waals surface area contributed by atoms with Gasteiger partial charge in [0.2, 0.25) is 0 Å². The van der Waals surface area contributed by atoms with Crippen LogP contribution >= 0.6 is 0 Å². The summed E-state index contributed by atoms with van der Waals surface area (Å²) in [6.45, 7) is 0. The fraction of sp³-hybridized carbons (Fsp3) is 0.294. The maximum absolute atomic E-state index is 6.25. The van der Waals surface area contributed by atoms with Gasteiger partial charge in [0.25, 0.3) is 0 Å². The minimum absolute atomic E-state index is 0.107. The maximum atomic E-state index is 6.25. The van der Waals surface area contributed by atoms with Crippen LogP contribution in [-0.2, 0) is 4.74 Å². The third-order valence-electron chi connectivity index (χ3n) is 3.70. The lowest BCUT2D eigenvalue weighted by atomic mass is 9.92. The highest BCUT2D eigenvalue weighted by molar-refractivity contribution is 5.22. The number of rotatable bonds is 2. The monoisotopic (exact) mass is 253 g/mol. The van der Waals surface area contributed by atoms with E-state index in [4.69, 9.17) is 10.5 Å². The average molecular weight is 253 g/mol. The molecule has 1 heterocycles. The Bertz CT molecular complexity index is 464. The molecule has 0 aliphatic carbocycles. The van der Waals surface area contributed by atoms with E-state index in [1.165, 1.54) is 11.1 Å². The zero-order valence-corrected chi connectivity index (χ0v) is 10.9. The highest BCUT2D eigenvalue weighted by Gasteiger charge is 2.29. The molecule has 98 valence electrons. The SMILES string of the molecule is NC1C[C@H](c2ccccc2)O[C@@H](c2ccccc2)C1. The molecular formula is C17H19NO. The number of hydrogen-bond acceptors (Lipinski definition) is 2. The first-order valence-electron chi connectivity index (χ1n) is 6.84. The highest BCUT2D eigenvalue weighted by Crippen LogP contribution is 2.37. The Labute approximate surface area is 114 Å². The molecule has 1 fully saturated rings. The Morgan fingerprint density at radius 1 is 0.737 bits per heavy atom.